The van der Waals surface area contributed by atoms with Crippen molar-refractivity contribution < 1.29 is 14.2 Å². The molecule has 0 spiro atoms. The van der Waals surface area contributed by atoms with Gasteiger partial charge in [0.25, 0.3) is 0 Å². The number of ether oxygens (including phenoxy) is 3. The van der Waals surface area contributed by atoms with Crippen LogP contribution in [0.1, 0.15) is 18.4 Å². The van der Waals surface area contributed by atoms with Crippen molar-refractivity contribution in [2.45, 2.75) is 19.4 Å². The van der Waals surface area contributed by atoms with Crippen LogP contribution in [0, 0.1) is 5.92 Å². The summed E-state index contributed by atoms with van der Waals surface area (Å²) >= 11 is 3.52. The highest BCUT2D eigenvalue weighted by Gasteiger charge is 2.17. The van der Waals surface area contributed by atoms with Crippen molar-refractivity contribution >= 4 is 15.9 Å². The van der Waals surface area contributed by atoms with E-state index in [1.165, 1.54) is 0 Å². The third-order valence-electron chi connectivity index (χ3n) is 3.33. The predicted molar refractivity (Wildman–Crippen MR) is 77.6 cm³/mol. The Balaban J connectivity index is 2.05. The molecule has 0 radical (unpaired) electrons. The molecule has 0 atom stereocenters. The molecule has 1 aliphatic rings. The van der Waals surface area contributed by atoms with Crippen molar-refractivity contribution in [2.75, 3.05) is 26.9 Å². The third kappa shape index (κ3) is 3.84. The lowest BCUT2D eigenvalue weighted by molar-refractivity contribution is 0.0492. The number of halogens is 1. The molecule has 5 heteroatoms. The zero-order valence-electron chi connectivity index (χ0n) is 11.2. The Bertz CT molecular complexity index is 419. The normalized spacial score (nSPS) is 16.4. The molecule has 1 fully saturated rings. The summed E-state index contributed by atoms with van der Waals surface area (Å²) < 4.78 is 17.5. The summed E-state index contributed by atoms with van der Waals surface area (Å²) in [4.78, 5) is 0. The summed E-state index contributed by atoms with van der Waals surface area (Å²) in [6.07, 6.45) is 2.11. The summed E-state index contributed by atoms with van der Waals surface area (Å²) in [5, 5.41) is 0. The number of hydrogen-bond acceptors (Lipinski definition) is 4. The monoisotopic (exact) mass is 329 g/mol. The maximum absolute atomic E-state index is 5.93. The van der Waals surface area contributed by atoms with Gasteiger partial charge in [-0.3, -0.25) is 0 Å². The molecule has 1 aromatic carbocycles. The minimum absolute atomic E-state index is 0.481. The molecule has 106 valence electrons. The van der Waals surface area contributed by atoms with Gasteiger partial charge in [0.1, 0.15) is 0 Å². The number of rotatable bonds is 5. The summed E-state index contributed by atoms with van der Waals surface area (Å²) in [7, 11) is 1.64. The lowest BCUT2D eigenvalue weighted by Crippen LogP contribution is -2.21. The molecule has 4 nitrogen and oxygen atoms in total. The van der Waals surface area contributed by atoms with E-state index in [2.05, 4.69) is 15.9 Å². The summed E-state index contributed by atoms with van der Waals surface area (Å²) in [5.41, 5.74) is 6.67. The van der Waals surface area contributed by atoms with Crippen LogP contribution in [0.5, 0.6) is 11.5 Å². The van der Waals surface area contributed by atoms with Crippen LogP contribution in [0.3, 0.4) is 0 Å². The molecule has 0 unspecified atom stereocenters. The topological polar surface area (TPSA) is 53.7 Å². The molecule has 1 aromatic rings. The molecule has 2 rings (SSSR count). The van der Waals surface area contributed by atoms with Crippen LogP contribution in [0.4, 0.5) is 0 Å². The van der Waals surface area contributed by atoms with Crippen molar-refractivity contribution in [3.05, 3.63) is 22.2 Å². The smallest absolute Gasteiger partial charge is 0.175 e. The van der Waals surface area contributed by atoms with Gasteiger partial charge in [0.15, 0.2) is 11.5 Å². The molecule has 0 aliphatic carbocycles. The molecule has 0 amide bonds. The van der Waals surface area contributed by atoms with E-state index < -0.39 is 0 Å². The van der Waals surface area contributed by atoms with Crippen molar-refractivity contribution in [1.82, 2.24) is 0 Å². The average molecular weight is 330 g/mol. The number of hydrogen-bond donors (Lipinski definition) is 1. The minimum atomic E-state index is 0.481. The fourth-order valence-electron chi connectivity index (χ4n) is 2.15. The van der Waals surface area contributed by atoms with Crippen molar-refractivity contribution in [1.29, 1.82) is 0 Å². The van der Waals surface area contributed by atoms with Gasteiger partial charge in [-0.15, -0.1) is 0 Å². The van der Waals surface area contributed by atoms with Crippen LogP contribution >= 0.6 is 15.9 Å². The van der Waals surface area contributed by atoms with Gasteiger partial charge in [0.2, 0.25) is 0 Å². The Morgan fingerprint density at radius 1 is 1.37 bits per heavy atom. The quantitative estimate of drug-likeness (QED) is 0.902. The van der Waals surface area contributed by atoms with Crippen LogP contribution in [0.2, 0.25) is 0 Å². The molecule has 1 saturated heterocycles. The minimum Gasteiger partial charge on any atom is -0.493 e. The Morgan fingerprint density at radius 2 is 2.11 bits per heavy atom. The van der Waals surface area contributed by atoms with E-state index in [1.807, 2.05) is 12.1 Å². The van der Waals surface area contributed by atoms with Crippen molar-refractivity contribution in [3.63, 3.8) is 0 Å². The molecule has 0 aromatic heterocycles. The fraction of sp³-hybridized carbons (Fsp3) is 0.571. The standard InChI is InChI=1S/C14H20BrNO3/c1-17-13-7-11(8-16)6-12(15)14(13)19-9-10-2-4-18-5-3-10/h6-7,10H,2-5,8-9,16H2,1H3. The zero-order valence-corrected chi connectivity index (χ0v) is 12.7. The zero-order chi connectivity index (χ0) is 13.7. The van der Waals surface area contributed by atoms with Crippen molar-refractivity contribution in [2.24, 2.45) is 11.7 Å². The van der Waals surface area contributed by atoms with Crippen LogP contribution in [0.25, 0.3) is 0 Å². The van der Waals surface area contributed by atoms with Gasteiger partial charge in [-0.1, -0.05) is 0 Å². The lowest BCUT2D eigenvalue weighted by Gasteiger charge is -2.23. The van der Waals surface area contributed by atoms with E-state index in [1.54, 1.807) is 7.11 Å². The summed E-state index contributed by atoms with van der Waals surface area (Å²) in [6, 6.07) is 3.89. The summed E-state index contributed by atoms with van der Waals surface area (Å²) in [5.74, 6) is 2.03. The number of nitrogens with two attached hydrogens (primary N) is 1. The van der Waals surface area contributed by atoms with Gasteiger partial charge < -0.3 is 19.9 Å². The highest BCUT2D eigenvalue weighted by Crippen LogP contribution is 2.37. The average Bonchev–Trinajstić information content (AvgIpc) is 2.46. The van der Waals surface area contributed by atoms with E-state index in [-0.39, 0.29) is 0 Å². The molecular formula is C14H20BrNO3. The van der Waals surface area contributed by atoms with Crippen molar-refractivity contribution in [3.8, 4) is 11.5 Å². The van der Waals surface area contributed by atoms with Gasteiger partial charge in [-0.2, -0.15) is 0 Å². The summed E-state index contributed by atoms with van der Waals surface area (Å²) in [6.45, 7) is 2.84. The molecular weight excluding hydrogens is 310 g/mol. The predicted octanol–water partition coefficient (Wildman–Crippen LogP) is 2.72. The first-order valence-corrected chi connectivity index (χ1v) is 7.31. The van der Waals surface area contributed by atoms with Gasteiger partial charge in [-0.05, 0) is 52.4 Å². The van der Waals surface area contributed by atoms with Gasteiger partial charge in [0.05, 0.1) is 18.2 Å². The molecule has 1 heterocycles. The van der Waals surface area contributed by atoms with Crippen LogP contribution < -0.4 is 15.2 Å². The van der Waals surface area contributed by atoms with Crippen LogP contribution in [-0.4, -0.2) is 26.9 Å². The van der Waals surface area contributed by atoms with Crippen LogP contribution in [0.15, 0.2) is 16.6 Å². The molecule has 2 N–H and O–H groups in total. The number of methoxy groups -OCH3 is 1. The van der Waals surface area contributed by atoms with E-state index in [0.717, 1.165) is 47.6 Å². The first kappa shape index (κ1) is 14.6. The molecule has 0 bridgehead atoms. The van der Waals surface area contributed by atoms with E-state index in [0.29, 0.717) is 19.1 Å². The first-order chi connectivity index (χ1) is 9.24. The Hall–Kier alpha value is -0.780. The van der Waals surface area contributed by atoms with Gasteiger partial charge >= 0.3 is 0 Å². The molecule has 1 aliphatic heterocycles. The first-order valence-electron chi connectivity index (χ1n) is 6.51. The Labute approximate surface area is 122 Å². The molecule has 19 heavy (non-hydrogen) atoms. The maximum atomic E-state index is 5.93. The third-order valence-corrected chi connectivity index (χ3v) is 3.92. The van der Waals surface area contributed by atoms with E-state index >= 15 is 0 Å². The van der Waals surface area contributed by atoms with Crippen LogP contribution in [-0.2, 0) is 11.3 Å². The van der Waals surface area contributed by atoms with E-state index in [4.69, 9.17) is 19.9 Å². The van der Waals surface area contributed by atoms with Gasteiger partial charge in [0, 0.05) is 19.8 Å². The Morgan fingerprint density at radius 3 is 2.74 bits per heavy atom. The fourth-order valence-corrected chi connectivity index (χ4v) is 2.75. The van der Waals surface area contributed by atoms with Gasteiger partial charge in [-0.25, -0.2) is 0 Å². The second kappa shape index (κ2) is 7.12. The largest absolute Gasteiger partial charge is 0.493 e. The molecule has 0 saturated carbocycles. The maximum Gasteiger partial charge on any atom is 0.175 e. The second-order valence-corrected chi connectivity index (χ2v) is 5.53. The SMILES string of the molecule is COc1cc(CN)cc(Br)c1OCC1CCOCC1. The highest BCUT2D eigenvalue weighted by molar-refractivity contribution is 9.10. The van der Waals surface area contributed by atoms with E-state index in [9.17, 15) is 0 Å². The highest BCUT2D eigenvalue weighted by atomic mass is 79.9. The Kier molecular flexibility index (Phi) is 5.48. The number of benzene rings is 1. The second-order valence-electron chi connectivity index (χ2n) is 4.68. The lowest BCUT2D eigenvalue weighted by atomic mass is 10.0.